The van der Waals surface area contributed by atoms with Crippen LogP contribution in [0.25, 0.3) is 0 Å². The highest BCUT2D eigenvalue weighted by Crippen LogP contribution is 2.23. The summed E-state index contributed by atoms with van der Waals surface area (Å²) in [5.41, 5.74) is 0. The Bertz CT molecular complexity index is 366. The van der Waals surface area contributed by atoms with E-state index < -0.39 is 10.8 Å². The van der Waals surface area contributed by atoms with Crippen molar-refractivity contribution in [3.05, 3.63) is 12.0 Å². The molecule has 2 rings (SSSR count). The number of nitrogens with zero attached hydrogens (tertiary/aromatic N) is 3. The molecule has 0 radical (unpaired) electrons. The highest BCUT2D eigenvalue weighted by Gasteiger charge is 2.21. The highest BCUT2D eigenvalue weighted by molar-refractivity contribution is 7.85. The second kappa shape index (κ2) is 3.06. The van der Waals surface area contributed by atoms with Crippen LogP contribution in [0.15, 0.2) is 11.1 Å². The molecule has 2 heterocycles. The van der Waals surface area contributed by atoms with E-state index in [9.17, 15) is 4.21 Å². The van der Waals surface area contributed by atoms with Gasteiger partial charge in [0.1, 0.15) is 11.6 Å². The van der Waals surface area contributed by atoms with Crippen molar-refractivity contribution < 1.29 is 4.21 Å². The average molecular weight is 197 g/mol. The lowest BCUT2D eigenvalue weighted by atomic mass is 10.4. The van der Waals surface area contributed by atoms with E-state index in [1.54, 1.807) is 6.20 Å². The Morgan fingerprint density at radius 2 is 2.38 bits per heavy atom. The van der Waals surface area contributed by atoms with Gasteiger partial charge in [-0.25, -0.2) is 9.97 Å². The van der Waals surface area contributed by atoms with Crippen LogP contribution < -0.4 is 4.90 Å². The molecule has 0 aliphatic carbocycles. The predicted octanol–water partition coefficient (Wildman–Crippen LogP) is 0.342. The van der Waals surface area contributed by atoms with E-state index in [0.29, 0.717) is 5.75 Å². The zero-order valence-corrected chi connectivity index (χ0v) is 8.47. The van der Waals surface area contributed by atoms with Gasteiger partial charge in [-0.3, -0.25) is 4.21 Å². The van der Waals surface area contributed by atoms with Crippen molar-refractivity contribution >= 4 is 16.6 Å². The van der Waals surface area contributed by atoms with E-state index in [-0.39, 0.29) is 0 Å². The second-order valence-corrected chi connectivity index (χ2v) is 4.62. The molecule has 13 heavy (non-hydrogen) atoms. The maximum Gasteiger partial charge on any atom is 0.148 e. The van der Waals surface area contributed by atoms with Gasteiger partial charge >= 0.3 is 0 Å². The first-order valence-electron chi connectivity index (χ1n) is 4.11. The first kappa shape index (κ1) is 8.62. The minimum Gasteiger partial charge on any atom is -0.358 e. The van der Waals surface area contributed by atoms with Crippen molar-refractivity contribution in [3.63, 3.8) is 0 Å². The zero-order valence-electron chi connectivity index (χ0n) is 7.65. The Labute approximate surface area is 79.5 Å². The number of aromatic nitrogens is 2. The summed E-state index contributed by atoms with van der Waals surface area (Å²) in [5, 5.41) is 0. The predicted molar refractivity (Wildman–Crippen MR) is 51.3 cm³/mol. The van der Waals surface area contributed by atoms with Crippen LogP contribution >= 0.6 is 0 Å². The van der Waals surface area contributed by atoms with Crippen molar-refractivity contribution in [1.82, 2.24) is 9.97 Å². The largest absolute Gasteiger partial charge is 0.358 e. The van der Waals surface area contributed by atoms with Gasteiger partial charge in [0.15, 0.2) is 0 Å². The Morgan fingerprint density at radius 3 is 3.15 bits per heavy atom. The van der Waals surface area contributed by atoms with Crippen molar-refractivity contribution in [2.45, 2.75) is 11.8 Å². The molecule has 1 unspecified atom stereocenters. The van der Waals surface area contributed by atoms with Crippen LogP contribution in [0.1, 0.15) is 5.82 Å². The molecule has 0 spiro atoms. The third-order valence-electron chi connectivity index (χ3n) is 2.08. The maximum absolute atomic E-state index is 11.5. The fourth-order valence-electron chi connectivity index (χ4n) is 1.32. The number of fused-ring (bicyclic) bond motifs is 1. The van der Waals surface area contributed by atoms with E-state index in [1.807, 2.05) is 18.9 Å². The number of hydrogen-bond donors (Lipinski definition) is 0. The van der Waals surface area contributed by atoms with E-state index in [2.05, 4.69) is 9.97 Å². The van der Waals surface area contributed by atoms with Crippen LogP contribution in [-0.2, 0) is 10.8 Å². The molecule has 0 N–H and O–H groups in total. The minimum atomic E-state index is -0.911. The standard InChI is InChI=1S/C8H11N3OS/c1-6-9-5-7-8(10-6)11(2)3-4-13(7)12/h5H,3-4H2,1-2H3. The molecule has 0 aromatic carbocycles. The number of aryl methyl sites for hydroxylation is 1. The lowest BCUT2D eigenvalue weighted by Gasteiger charge is -2.25. The van der Waals surface area contributed by atoms with Crippen molar-refractivity contribution in [2.75, 3.05) is 24.2 Å². The Kier molecular flexibility index (Phi) is 2.03. The maximum atomic E-state index is 11.5. The molecule has 1 aliphatic heterocycles. The zero-order chi connectivity index (χ0) is 9.42. The lowest BCUT2D eigenvalue weighted by molar-refractivity contribution is 0.676. The van der Waals surface area contributed by atoms with Gasteiger partial charge in [-0.15, -0.1) is 0 Å². The Hall–Kier alpha value is -0.970. The molecule has 1 atom stereocenters. The van der Waals surface area contributed by atoms with E-state index in [4.69, 9.17) is 0 Å². The van der Waals surface area contributed by atoms with Crippen LogP contribution in [0, 0.1) is 6.92 Å². The molecule has 0 saturated carbocycles. The van der Waals surface area contributed by atoms with Gasteiger partial charge in [-0.2, -0.15) is 0 Å². The SMILES string of the molecule is Cc1ncc2c(n1)N(C)CCS2=O. The normalized spacial score (nSPS) is 21.4. The molecule has 0 fully saturated rings. The number of anilines is 1. The van der Waals surface area contributed by atoms with Gasteiger partial charge in [0.25, 0.3) is 0 Å². The Morgan fingerprint density at radius 1 is 1.62 bits per heavy atom. The average Bonchev–Trinajstić information content (AvgIpc) is 2.12. The third kappa shape index (κ3) is 1.44. The van der Waals surface area contributed by atoms with Gasteiger partial charge in [0.05, 0.1) is 15.7 Å². The molecule has 70 valence electrons. The van der Waals surface area contributed by atoms with E-state index >= 15 is 0 Å². The van der Waals surface area contributed by atoms with E-state index in [1.165, 1.54) is 0 Å². The molecule has 1 aromatic heterocycles. The van der Waals surface area contributed by atoms with Gasteiger partial charge in [0, 0.05) is 25.5 Å². The van der Waals surface area contributed by atoms with Crippen molar-refractivity contribution in [1.29, 1.82) is 0 Å². The summed E-state index contributed by atoms with van der Waals surface area (Å²) in [7, 11) is 1.05. The Balaban J connectivity index is 2.57. The molecule has 4 nitrogen and oxygen atoms in total. The first-order chi connectivity index (χ1) is 6.18. The number of rotatable bonds is 0. The summed E-state index contributed by atoms with van der Waals surface area (Å²) in [4.78, 5) is 11.1. The van der Waals surface area contributed by atoms with Crippen molar-refractivity contribution in [3.8, 4) is 0 Å². The third-order valence-corrected chi connectivity index (χ3v) is 3.41. The summed E-state index contributed by atoms with van der Waals surface area (Å²) in [6, 6.07) is 0. The second-order valence-electron chi connectivity index (χ2n) is 3.08. The lowest BCUT2D eigenvalue weighted by Crippen LogP contribution is -2.30. The molecule has 1 aliphatic rings. The quantitative estimate of drug-likeness (QED) is 0.602. The number of hydrogen-bond acceptors (Lipinski definition) is 4. The molecule has 0 bridgehead atoms. The van der Waals surface area contributed by atoms with Crippen LogP contribution in [0.3, 0.4) is 0 Å². The summed E-state index contributed by atoms with van der Waals surface area (Å²) < 4.78 is 11.5. The molecular weight excluding hydrogens is 186 g/mol. The van der Waals surface area contributed by atoms with Gasteiger partial charge in [0.2, 0.25) is 0 Å². The molecule has 0 amide bonds. The fraction of sp³-hybridized carbons (Fsp3) is 0.500. The molecule has 1 aromatic rings. The molecular formula is C8H11N3OS. The summed E-state index contributed by atoms with van der Waals surface area (Å²) in [6.07, 6.45) is 1.67. The highest BCUT2D eigenvalue weighted by atomic mass is 32.2. The summed E-state index contributed by atoms with van der Waals surface area (Å²) in [5.74, 6) is 2.22. The topological polar surface area (TPSA) is 46.1 Å². The summed E-state index contributed by atoms with van der Waals surface area (Å²) in [6.45, 7) is 2.64. The van der Waals surface area contributed by atoms with Crippen LogP contribution in [0.4, 0.5) is 5.82 Å². The van der Waals surface area contributed by atoms with Gasteiger partial charge in [-0.1, -0.05) is 0 Å². The van der Waals surface area contributed by atoms with Gasteiger partial charge in [-0.05, 0) is 6.92 Å². The van der Waals surface area contributed by atoms with Gasteiger partial charge < -0.3 is 4.90 Å². The van der Waals surface area contributed by atoms with Crippen LogP contribution in [0.2, 0.25) is 0 Å². The van der Waals surface area contributed by atoms with E-state index in [0.717, 1.165) is 23.1 Å². The first-order valence-corrected chi connectivity index (χ1v) is 5.43. The van der Waals surface area contributed by atoms with Crippen LogP contribution in [0.5, 0.6) is 0 Å². The van der Waals surface area contributed by atoms with Crippen LogP contribution in [-0.4, -0.2) is 33.5 Å². The minimum absolute atomic E-state index is 0.677. The smallest absolute Gasteiger partial charge is 0.148 e. The fourth-order valence-corrected chi connectivity index (χ4v) is 2.55. The molecule has 0 saturated heterocycles. The molecule has 5 heteroatoms. The van der Waals surface area contributed by atoms with Crippen molar-refractivity contribution in [2.24, 2.45) is 0 Å². The monoisotopic (exact) mass is 197 g/mol. The summed E-state index contributed by atoms with van der Waals surface area (Å²) >= 11 is 0.